The van der Waals surface area contributed by atoms with Crippen molar-refractivity contribution in [1.82, 2.24) is 29.4 Å². The first kappa shape index (κ1) is 17.2. The molecule has 1 fully saturated rings. The lowest BCUT2D eigenvalue weighted by Gasteiger charge is -2.36. The SMILES string of the molecule is Cc1nn(C)cc1CC(=O)N1CCn2nc(C3CC3)nc2[C@@H]1CC(C)C. The van der Waals surface area contributed by atoms with E-state index in [4.69, 9.17) is 10.1 Å². The van der Waals surface area contributed by atoms with Gasteiger partial charge in [0.05, 0.1) is 24.7 Å². The van der Waals surface area contributed by atoms with E-state index in [2.05, 4.69) is 18.9 Å². The standard InChI is InChI=1S/C19H28N6O/c1-12(2)9-16-19-20-18(14-5-6-14)22-25(19)8-7-24(16)17(26)10-15-11-23(4)21-13(15)3/h11-12,14,16H,5-10H2,1-4H3/t16-/m0/s1. The van der Waals surface area contributed by atoms with Gasteiger partial charge in [-0.3, -0.25) is 9.48 Å². The Kier molecular flexibility index (Phi) is 4.32. The van der Waals surface area contributed by atoms with Crippen molar-refractivity contribution in [2.75, 3.05) is 6.54 Å². The molecule has 7 heteroatoms. The molecule has 1 aliphatic carbocycles. The fourth-order valence-corrected chi connectivity index (χ4v) is 3.86. The summed E-state index contributed by atoms with van der Waals surface area (Å²) in [4.78, 5) is 20.0. The Hall–Kier alpha value is -2.18. The molecule has 0 saturated heterocycles. The zero-order valence-corrected chi connectivity index (χ0v) is 16.1. The van der Waals surface area contributed by atoms with Crippen LogP contribution in [0.5, 0.6) is 0 Å². The van der Waals surface area contributed by atoms with Gasteiger partial charge in [-0.05, 0) is 32.1 Å². The quantitative estimate of drug-likeness (QED) is 0.825. The van der Waals surface area contributed by atoms with Gasteiger partial charge in [-0.25, -0.2) is 9.67 Å². The van der Waals surface area contributed by atoms with Crippen LogP contribution in [0.25, 0.3) is 0 Å². The van der Waals surface area contributed by atoms with Crippen molar-refractivity contribution in [3.05, 3.63) is 29.1 Å². The van der Waals surface area contributed by atoms with Crippen LogP contribution < -0.4 is 0 Å². The van der Waals surface area contributed by atoms with E-state index in [0.29, 0.717) is 24.8 Å². The fourth-order valence-electron chi connectivity index (χ4n) is 3.86. The van der Waals surface area contributed by atoms with Gasteiger partial charge in [-0.15, -0.1) is 0 Å². The van der Waals surface area contributed by atoms with Gasteiger partial charge in [0.2, 0.25) is 5.91 Å². The van der Waals surface area contributed by atoms with Gasteiger partial charge in [0.15, 0.2) is 5.82 Å². The number of carbonyl (C=O) groups is 1. The molecule has 0 aromatic carbocycles. The van der Waals surface area contributed by atoms with Crippen LogP contribution in [0.2, 0.25) is 0 Å². The molecule has 4 rings (SSSR count). The van der Waals surface area contributed by atoms with Gasteiger partial charge >= 0.3 is 0 Å². The highest BCUT2D eigenvalue weighted by Crippen LogP contribution is 2.40. The average Bonchev–Trinajstić information content (AvgIpc) is 3.24. The normalized spacial score (nSPS) is 19.9. The molecule has 0 bridgehead atoms. The Labute approximate surface area is 154 Å². The summed E-state index contributed by atoms with van der Waals surface area (Å²) in [6.07, 6.45) is 5.66. The third kappa shape index (κ3) is 3.27. The minimum Gasteiger partial charge on any atom is -0.330 e. The van der Waals surface area contributed by atoms with Crippen molar-refractivity contribution in [2.45, 2.75) is 65.0 Å². The third-order valence-corrected chi connectivity index (χ3v) is 5.36. The molecule has 1 aliphatic heterocycles. The third-order valence-electron chi connectivity index (χ3n) is 5.36. The maximum atomic E-state index is 13.1. The molecule has 0 spiro atoms. The second-order valence-electron chi connectivity index (χ2n) is 8.15. The summed E-state index contributed by atoms with van der Waals surface area (Å²) in [7, 11) is 1.89. The number of fused-ring (bicyclic) bond motifs is 1. The second-order valence-corrected chi connectivity index (χ2v) is 8.15. The lowest BCUT2D eigenvalue weighted by Crippen LogP contribution is -2.43. The number of hydrogen-bond donors (Lipinski definition) is 0. The van der Waals surface area contributed by atoms with E-state index < -0.39 is 0 Å². The van der Waals surface area contributed by atoms with E-state index in [1.807, 2.05) is 29.7 Å². The summed E-state index contributed by atoms with van der Waals surface area (Å²) in [5, 5.41) is 9.08. The molecular formula is C19H28N6O. The first-order chi connectivity index (χ1) is 12.4. The number of hydrogen-bond acceptors (Lipinski definition) is 4. The van der Waals surface area contributed by atoms with Crippen LogP contribution in [0, 0.1) is 12.8 Å². The van der Waals surface area contributed by atoms with Crippen molar-refractivity contribution < 1.29 is 4.79 Å². The molecule has 1 atom stereocenters. The first-order valence-electron chi connectivity index (χ1n) is 9.65. The Morgan fingerprint density at radius 2 is 2.04 bits per heavy atom. The van der Waals surface area contributed by atoms with E-state index in [1.54, 1.807) is 4.68 Å². The average molecular weight is 356 g/mol. The van der Waals surface area contributed by atoms with E-state index in [-0.39, 0.29) is 11.9 Å². The molecule has 2 aliphatic rings. The van der Waals surface area contributed by atoms with Crippen molar-refractivity contribution in [3.8, 4) is 0 Å². The molecular weight excluding hydrogens is 328 g/mol. The summed E-state index contributed by atoms with van der Waals surface area (Å²) < 4.78 is 3.82. The number of aromatic nitrogens is 5. The Morgan fingerprint density at radius 1 is 1.27 bits per heavy atom. The van der Waals surface area contributed by atoms with E-state index in [9.17, 15) is 4.79 Å². The molecule has 3 heterocycles. The van der Waals surface area contributed by atoms with Crippen LogP contribution in [0.3, 0.4) is 0 Å². The van der Waals surface area contributed by atoms with Gasteiger partial charge in [0, 0.05) is 31.3 Å². The maximum Gasteiger partial charge on any atom is 0.227 e. The molecule has 7 nitrogen and oxygen atoms in total. The number of nitrogens with zero attached hydrogens (tertiary/aromatic N) is 6. The predicted molar refractivity (Wildman–Crippen MR) is 97.6 cm³/mol. The zero-order valence-electron chi connectivity index (χ0n) is 16.1. The Bertz CT molecular complexity index is 816. The van der Waals surface area contributed by atoms with Gasteiger partial charge in [0.25, 0.3) is 0 Å². The van der Waals surface area contributed by atoms with Crippen LogP contribution in [0.1, 0.15) is 68.0 Å². The first-order valence-corrected chi connectivity index (χ1v) is 9.65. The molecule has 0 radical (unpaired) electrons. The van der Waals surface area contributed by atoms with Gasteiger partial charge in [0.1, 0.15) is 5.82 Å². The number of carbonyl (C=O) groups excluding carboxylic acids is 1. The Morgan fingerprint density at radius 3 is 2.65 bits per heavy atom. The highest BCUT2D eigenvalue weighted by molar-refractivity contribution is 5.79. The molecule has 2 aromatic heterocycles. The summed E-state index contributed by atoms with van der Waals surface area (Å²) in [6.45, 7) is 7.80. The lowest BCUT2D eigenvalue weighted by atomic mass is 9.99. The van der Waals surface area contributed by atoms with Crippen molar-refractivity contribution >= 4 is 5.91 Å². The summed E-state index contributed by atoms with van der Waals surface area (Å²) in [6, 6.07) is 0.0215. The highest BCUT2D eigenvalue weighted by atomic mass is 16.2. The largest absolute Gasteiger partial charge is 0.330 e. The van der Waals surface area contributed by atoms with Gasteiger partial charge in [-0.2, -0.15) is 10.2 Å². The minimum absolute atomic E-state index is 0.0215. The van der Waals surface area contributed by atoms with Gasteiger partial charge < -0.3 is 4.90 Å². The molecule has 140 valence electrons. The molecule has 1 saturated carbocycles. The topological polar surface area (TPSA) is 68.8 Å². The highest BCUT2D eigenvalue weighted by Gasteiger charge is 2.37. The fraction of sp³-hybridized carbons (Fsp3) is 0.684. The maximum absolute atomic E-state index is 13.1. The summed E-state index contributed by atoms with van der Waals surface area (Å²) in [5.74, 6) is 3.14. The van der Waals surface area contributed by atoms with Crippen molar-refractivity contribution in [2.24, 2.45) is 13.0 Å². The molecule has 26 heavy (non-hydrogen) atoms. The molecule has 0 unspecified atom stereocenters. The van der Waals surface area contributed by atoms with E-state index in [1.165, 1.54) is 12.8 Å². The van der Waals surface area contributed by atoms with Crippen molar-refractivity contribution in [3.63, 3.8) is 0 Å². The Balaban J connectivity index is 1.59. The van der Waals surface area contributed by atoms with Crippen LogP contribution in [-0.2, 0) is 24.8 Å². The number of aryl methyl sites for hydroxylation is 2. The molecule has 2 aromatic rings. The minimum atomic E-state index is 0.0215. The predicted octanol–water partition coefficient (Wildman–Crippen LogP) is 2.37. The molecule has 1 amide bonds. The number of rotatable bonds is 5. The molecule has 0 N–H and O–H groups in total. The lowest BCUT2D eigenvalue weighted by molar-refractivity contribution is -0.134. The smallest absolute Gasteiger partial charge is 0.227 e. The van der Waals surface area contributed by atoms with E-state index in [0.717, 1.165) is 35.9 Å². The van der Waals surface area contributed by atoms with Gasteiger partial charge in [-0.1, -0.05) is 13.8 Å². The summed E-state index contributed by atoms with van der Waals surface area (Å²) in [5.41, 5.74) is 1.93. The van der Waals surface area contributed by atoms with Crippen LogP contribution >= 0.6 is 0 Å². The number of amides is 1. The van der Waals surface area contributed by atoms with Crippen LogP contribution in [0.4, 0.5) is 0 Å². The zero-order chi connectivity index (χ0) is 18.4. The monoisotopic (exact) mass is 356 g/mol. The summed E-state index contributed by atoms with van der Waals surface area (Å²) >= 11 is 0. The van der Waals surface area contributed by atoms with E-state index >= 15 is 0 Å². The second kappa shape index (κ2) is 6.52. The van der Waals surface area contributed by atoms with Crippen LogP contribution in [0.15, 0.2) is 6.20 Å². The van der Waals surface area contributed by atoms with Crippen LogP contribution in [-0.4, -0.2) is 41.9 Å². The van der Waals surface area contributed by atoms with Crippen molar-refractivity contribution in [1.29, 1.82) is 0 Å².